The van der Waals surface area contributed by atoms with Gasteiger partial charge in [0.1, 0.15) is 0 Å². The Kier molecular flexibility index (Phi) is 2.84. The zero-order chi connectivity index (χ0) is 6.97. The molecule has 11 heavy (non-hydrogen) atoms. The van der Waals surface area contributed by atoms with Crippen molar-refractivity contribution in [1.82, 2.24) is 0 Å². The molecule has 1 aromatic carbocycles. The summed E-state index contributed by atoms with van der Waals surface area (Å²) in [4.78, 5) is 0. The molecule has 0 amide bonds. The van der Waals surface area contributed by atoms with Crippen LogP contribution in [0.5, 0.6) is 0 Å². The number of hydrogen-bond acceptors (Lipinski definition) is 1. The molecular weight excluding hydrogens is 308 g/mol. The summed E-state index contributed by atoms with van der Waals surface area (Å²) < 4.78 is 0. The maximum atomic E-state index is 5.77. The third kappa shape index (κ3) is 1.70. The van der Waals surface area contributed by atoms with Gasteiger partial charge < -0.3 is 5.73 Å². The fourth-order valence-corrected chi connectivity index (χ4v) is 1.52. The van der Waals surface area contributed by atoms with Crippen LogP contribution in [0.4, 0.5) is 0 Å². The summed E-state index contributed by atoms with van der Waals surface area (Å²) >= 11 is 0. The second-order valence-corrected chi connectivity index (χ2v) is 2.86. The standard InChI is InChI=1S/C9H10N.Re/c10-9-5-7-3-1-2-4-8(7)6-9;/h1,3-4,9H,5-6,10H2;/q-1;. The van der Waals surface area contributed by atoms with Crippen molar-refractivity contribution in [1.29, 1.82) is 0 Å². The Balaban J connectivity index is 0.000000605. The van der Waals surface area contributed by atoms with E-state index in [2.05, 4.69) is 12.1 Å². The van der Waals surface area contributed by atoms with E-state index in [4.69, 9.17) is 5.73 Å². The van der Waals surface area contributed by atoms with Crippen molar-refractivity contribution >= 4 is 0 Å². The molecule has 2 heteroatoms. The van der Waals surface area contributed by atoms with Crippen molar-refractivity contribution < 1.29 is 20.4 Å². The van der Waals surface area contributed by atoms with E-state index in [9.17, 15) is 0 Å². The molecule has 0 spiro atoms. The fraction of sp³-hybridized carbons (Fsp3) is 0.333. The predicted octanol–water partition coefficient (Wildman–Crippen LogP) is 0.910. The molecular formula is C9H10NRe-. The number of hydrogen-bond donors (Lipinski definition) is 1. The van der Waals surface area contributed by atoms with E-state index in [1.54, 1.807) is 0 Å². The van der Waals surface area contributed by atoms with E-state index in [-0.39, 0.29) is 20.4 Å². The van der Waals surface area contributed by atoms with Crippen molar-refractivity contribution in [2.75, 3.05) is 0 Å². The van der Waals surface area contributed by atoms with Gasteiger partial charge in [-0.05, 0) is 12.5 Å². The molecule has 0 fully saturated rings. The molecule has 2 N–H and O–H groups in total. The fourth-order valence-electron chi connectivity index (χ4n) is 1.52. The minimum Gasteiger partial charge on any atom is -0.328 e. The van der Waals surface area contributed by atoms with Crippen molar-refractivity contribution in [2.24, 2.45) is 5.73 Å². The second-order valence-electron chi connectivity index (χ2n) is 2.86. The van der Waals surface area contributed by atoms with Gasteiger partial charge >= 0.3 is 0 Å². The quantitative estimate of drug-likeness (QED) is 0.707. The molecule has 1 aromatic rings. The summed E-state index contributed by atoms with van der Waals surface area (Å²) in [6, 6.07) is 9.52. The van der Waals surface area contributed by atoms with Gasteiger partial charge in [0.05, 0.1) is 0 Å². The molecule has 0 bridgehead atoms. The SMILES string of the molecule is NC1Cc2c[c-]ccc2C1.[Re]. The largest absolute Gasteiger partial charge is 0.328 e. The molecule has 1 aliphatic rings. The summed E-state index contributed by atoms with van der Waals surface area (Å²) in [6.07, 6.45) is 2.08. The summed E-state index contributed by atoms with van der Waals surface area (Å²) in [5, 5.41) is 0. The van der Waals surface area contributed by atoms with Crippen LogP contribution in [-0.4, -0.2) is 6.04 Å². The average molecular weight is 318 g/mol. The Bertz CT molecular complexity index is 222. The molecule has 0 saturated carbocycles. The van der Waals surface area contributed by atoms with E-state index in [1.807, 2.05) is 12.1 Å². The zero-order valence-corrected chi connectivity index (χ0v) is 8.89. The van der Waals surface area contributed by atoms with Gasteiger partial charge in [0, 0.05) is 20.4 Å². The van der Waals surface area contributed by atoms with E-state index in [0.717, 1.165) is 12.8 Å². The molecule has 0 aromatic heterocycles. The van der Waals surface area contributed by atoms with Crippen LogP contribution in [0.15, 0.2) is 18.2 Å². The van der Waals surface area contributed by atoms with Gasteiger partial charge in [-0.25, -0.2) is 0 Å². The molecule has 1 nitrogen and oxygen atoms in total. The Labute approximate surface area is 80.6 Å². The van der Waals surface area contributed by atoms with Crippen LogP contribution >= 0.6 is 0 Å². The van der Waals surface area contributed by atoms with Crippen molar-refractivity contribution in [2.45, 2.75) is 18.9 Å². The van der Waals surface area contributed by atoms with Crippen LogP contribution in [0.25, 0.3) is 0 Å². The number of nitrogens with two attached hydrogens (primary N) is 1. The first kappa shape index (κ1) is 8.93. The Morgan fingerprint density at radius 2 is 2.09 bits per heavy atom. The molecule has 1 aliphatic carbocycles. The van der Waals surface area contributed by atoms with Gasteiger partial charge in [-0.1, -0.05) is 6.42 Å². The van der Waals surface area contributed by atoms with Crippen LogP contribution in [0.2, 0.25) is 0 Å². The first-order chi connectivity index (χ1) is 4.86. The zero-order valence-electron chi connectivity index (χ0n) is 6.18. The predicted molar refractivity (Wildman–Crippen MR) is 40.7 cm³/mol. The monoisotopic (exact) mass is 319 g/mol. The maximum absolute atomic E-state index is 5.77. The van der Waals surface area contributed by atoms with Crippen LogP contribution in [0.1, 0.15) is 11.1 Å². The van der Waals surface area contributed by atoms with E-state index >= 15 is 0 Å². The summed E-state index contributed by atoms with van der Waals surface area (Å²) in [7, 11) is 0. The van der Waals surface area contributed by atoms with E-state index in [0.29, 0.717) is 6.04 Å². The molecule has 2 rings (SSSR count). The van der Waals surface area contributed by atoms with E-state index < -0.39 is 0 Å². The van der Waals surface area contributed by atoms with E-state index in [1.165, 1.54) is 11.1 Å². The average Bonchev–Trinajstić information content (AvgIpc) is 2.27. The van der Waals surface area contributed by atoms with Gasteiger partial charge in [-0.2, -0.15) is 35.4 Å². The minimum atomic E-state index is 0. The molecule has 0 saturated heterocycles. The summed E-state index contributed by atoms with van der Waals surface area (Å²) in [5.74, 6) is 0. The van der Waals surface area contributed by atoms with Crippen molar-refractivity contribution in [3.8, 4) is 0 Å². The number of benzene rings is 1. The first-order valence-corrected chi connectivity index (χ1v) is 3.59. The topological polar surface area (TPSA) is 26.0 Å². The van der Waals surface area contributed by atoms with Crippen LogP contribution in [0.3, 0.4) is 0 Å². The second kappa shape index (κ2) is 3.49. The minimum absolute atomic E-state index is 0. The van der Waals surface area contributed by atoms with Crippen LogP contribution < -0.4 is 5.73 Å². The maximum Gasteiger partial charge on any atom is 0 e. The summed E-state index contributed by atoms with van der Waals surface area (Å²) in [6.45, 7) is 0. The molecule has 0 heterocycles. The van der Waals surface area contributed by atoms with Gasteiger partial charge in [0.25, 0.3) is 0 Å². The Hall–Kier alpha value is -0.158. The molecule has 0 aliphatic heterocycles. The van der Waals surface area contributed by atoms with Crippen LogP contribution in [0, 0.1) is 6.07 Å². The summed E-state index contributed by atoms with van der Waals surface area (Å²) in [5.41, 5.74) is 8.56. The van der Waals surface area contributed by atoms with Gasteiger partial charge in [0.2, 0.25) is 0 Å². The van der Waals surface area contributed by atoms with Gasteiger partial charge in [-0.3, -0.25) is 0 Å². The van der Waals surface area contributed by atoms with Crippen LogP contribution in [-0.2, 0) is 33.3 Å². The molecule has 59 valence electrons. The number of fused-ring (bicyclic) bond motifs is 1. The van der Waals surface area contributed by atoms with Gasteiger partial charge in [0.15, 0.2) is 0 Å². The third-order valence-electron chi connectivity index (χ3n) is 2.01. The van der Waals surface area contributed by atoms with Crippen molar-refractivity contribution in [3.63, 3.8) is 0 Å². The molecule has 1 unspecified atom stereocenters. The third-order valence-corrected chi connectivity index (χ3v) is 2.01. The van der Waals surface area contributed by atoms with Gasteiger partial charge in [-0.15, -0.1) is 0 Å². The Morgan fingerprint density at radius 1 is 1.36 bits per heavy atom. The normalized spacial score (nSPS) is 20.6. The molecule has 1 radical (unpaired) electrons. The number of rotatable bonds is 0. The smallest absolute Gasteiger partial charge is 0 e. The first-order valence-electron chi connectivity index (χ1n) is 3.59. The molecule has 1 atom stereocenters. The van der Waals surface area contributed by atoms with Crippen molar-refractivity contribution in [3.05, 3.63) is 35.4 Å². The Morgan fingerprint density at radius 3 is 2.82 bits per heavy atom.